The van der Waals surface area contributed by atoms with Crippen LogP contribution in [0.2, 0.25) is 0 Å². The minimum absolute atomic E-state index is 0.0531. The normalized spacial score (nSPS) is 24.9. The molecule has 0 radical (unpaired) electrons. The average molecular weight is 259 g/mol. The molecular weight excluding hydrogens is 238 g/mol. The van der Waals surface area contributed by atoms with Crippen molar-refractivity contribution in [3.05, 3.63) is 42.5 Å². The summed E-state index contributed by atoms with van der Waals surface area (Å²) in [7, 11) is 0. The number of allylic oxidation sites excluding steroid dienone is 2. The molecule has 0 unspecified atom stereocenters. The Labute approximate surface area is 114 Å². The van der Waals surface area contributed by atoms with Gasteiger partial charge in [-0.05, 0) is 37.8 Å². The first-order valence-electron chi connectivity index (χ1n) is 6.89. The van der Waals surface area contributed by atoms with Crippen LogP contribution >= 0.6 is 0 Å². The number of hydrogen-bond donors (Lipinski definition) is 1. The van der Waals surface area contributed by atoms with Crippen molar-refractivity contribution in [1.29, 1.82) is 0 Å². The number of ether oxygens (including phenoxy) is 1. The molecule has 1 aliphatic carbocycles. The van der Waals surface area contributed by atoms with Gasteiger partial charge < -0.3 is 10.1 Å². The Balaban J connectivity index is 2.07. The summed E-state index contributed by atoms with van der Waals surface area (Å²) in [6.07, 6.45) is 8.17. The van der Waals surface area contributed by atoms with Gasteiger partial charge in [0, 0.05) is 12.6 Å². The summed E-state index contributed by atoms with van der Waals surface area (Å²) in [6, 6.07) is 10.3. The molecule has 2 atom stereocenters. The fraction of sp³-hybridized carbons (Fsp3) is 0.438. The highest BCUT2D eigenvalue weighted by molar-refractivity contribution is 5.66. The summed E-state index contributed by atoms with van der Waals surface area (Å²) in [4.78, 5) is 11.2. The van der Waals surface area contributed by atoms with E-state index in [4.69, 9.17) is 4.74 Å². The van der Waals surface area contributed by atoms with Gasteiger partial charge in [0.05, 0.1) is 6.04 Å². The first-order chi connectivity index (χ1) is 9.25. The molecule has 0 saturated heterocycles. The summed E-state index contributed by atoms with van der Waals surface area (Å²) in [5.41, 5.74) is 1.08. The molecule has 0 amide bonds. The first kappa shape index (κ1) is 13.7. The maximum Gasteiger partial charge on any atom is 0.302 e. The second kappa shape index (κ2) is 6.98. The zero-order chi connectivity index (χ0) is 13.5. The summed E-state index contributed by atoms with van der Waals surface area (Å²) in [6.45, 7) is 1.48. The molecule has 0 heterocycles. The molecule has 0 fully saturated rings. The summed E-state index contributed by atoms with van der Waals surface area (Å²) in [5, 5.41) is 3.49. The number of para-hydroxylation sites is 1. The highest BCUT2D eigenvalue weighted by Crippen LogP contribution is 2.20. The number of esters is 1. The maximum atomic E-state index is 11.2. The second-order valence-corrected chi connectivity index (χ2v) is 4.89. The molecule has 1 aliphatic rings. The van der Waals surface area contributed by atoms with E-state index in [2.05, 4.69) is 17.5 Å². The molecule has 0 aliphatic heterocycles. The number of carbonyl (C=O) groups is 1. The van der Waals surface area contributed by atoms with Crippen LogP contribution in [0.1, 0.15) is 32.6 Å². The lowest BCUT2D eigenvalue weighted by molar-refractivity contribution is -0.147. The van der Waals surface area contributed by atoms with E-state index in [9.17, 15) is 4.79 Å². The summed E-state index contributed by atoms with van der Waals surface area (Å²) >= 11 is 0. The molecule has 2 rings (SSSR count). The van der Waals surface area contributed by atoms with E-state index in [1.165, 1.54) is 6.92 Å². The SMILES string of the molecule is CC(=O)O[C@H]1CC/C=C\CC[C@@H]1Nc1ccccc1. The molecule has 0 bridgehead atoms. The summed E-state index contributed by atoms with van der Waals surface area (Å²) < 4.78 is 5.48. The van der Waals surface area contributed by atoms with Gasteiger partial charge >= 0.3 is 5.97 Å². The predicted octanol–water partition coefficient (Wildman–Crippen LogP) is 3.53. The van der Waals surface area contributed by atoms with Crippen molar-refractivity contribution in [3.63, 3.8) is 0 Å². The molecule has 3 heteroatoms. The van der Waals surface area contributed by atoms with Crippen molar-refractivity contribution in [3.8, 4) is 0 Å². The number of carbonyl (C=O) groups excluding carboxylic acids is 1. The van der Waals surface area contributed by atoms with Gasteiger partial charge in [0.15, 0.2) is 0 Å². The molecular formula is C16H21NO2. The molecule has 0 aromatic heterocycles. The highest BCUT2D eigenvalue weighted by Gasteiger charge is 2.24. The van der Waals surface area contributed by atoms with Crippen LogP contribution in [0.3, 0.4) is 0 Å². The Morgan fingerprint density at radius 1 is 1.16 bits per heavy atom. The summed E-state index contributed by atoms with van der Waals surface area (Å²) in [5.74, 6) is -0.200. The quantitative estimate of drug-likeness (QED) is 0.666. The predicted molar refractivity (Wildman–Crippen MR) is 77.0 cm³/mol. The lowest BCUT2D eigenvalue weighted by Gasteiger charge is -2.29. The maximum absolute atomic E-state index is 11.2. The van der Waals surface area contributed by atoms with E-state index >= 15 is 0 Å². The van der Waals surface area contributed by atoms with Crippen molar-refractivity contribution < 1.29 is 9.53 Å². The van der Waals surface area contributed by atoms with Gasteiger partial charge in [-0.2, -0.15) is 0 Å². The molecule has 1 aromatic carbocycles. The van der Waals surface area contributed by atoms with Crippen molar-refractivity contribution in [2.24, 2.45) is 0 Å². The van der Waals surface area contributed by atoms with Gasteiger partial charge in [0.2, 0.25) is 0 Å². The van der Waals surface area contributed by atoms with Crippen LogP contribution in [0.4, 0.5) is 5.69 Å². The largest absolute Gasteiger partial charge is 0.460 e. The van der Waals surface area contributed by atoms with Crippen molar-refractivity contribution >= 4 is 11.7 Å². The van der Waals surface area contributed by atoms with E-state index < -0.39 is 0 Å². The zero-order valence-electron chi connectivity index (χ0n) is 11.3. The highest BCUT2D eigenvalue weighted by atomic mass is 16.5. The van der Waals surface area contributed by atoms with Crippen molar-refractivity contribution in [1.82, 2.24) is 0 Å². The smallest absolute Gasteiger partial charge is 0.302 e. The Kier molecular flexibility index (Phi) is 5.01. The molecule has 0 spiro atoms. The number of nitrogens with one attached hydrogen (secondary N) is 1. The molecule has 0 saturated carbocycles. The standard InChI is InChI=1S/C16H21NO2/c1-13(18)19-16-12-8-3-2-7-11-15(16)17-14-9-5-4-6-10-14/h2-6,9-10,15-17H,7-8,11-12H2,1H3/b3-2-/t15-,16-/m0/s1. The third kappa shape index (κ3) is 4.43. The van der Waals surface area contributed by atoms with Crippen LogP contribution in [0.5, 0.6) is 0 Å². The number of hydrogen-bond acceptors (Lipinski definition) is 3. The van der Waals surface area contributed by atoms with Crippen LogP contribution in [0, 0.1) is 0 Å². The lowest BCUT2D eigenvalue weighted by Crippen LogP contribution is -2.37. The van der Waals surface area contributed by atoms with E-state index in [1.54, 1.807) is 0 Å². The van der Waals surface area contributed by atoms with Gasteiger partial charge in [0.1, 0.15) is 6.10 Å². The van der Waals surface area contributed by atoms with Crippen LogP contribution < -0.4 is 5.32 Å². The van der Waals surface area contributed by atoms with Gasteiger partial charge in [-0.15, -0.1) is 0 Å². The Hall–Kier alpha value is -1.77. The first-order valence-corrected chi connectivity index (χ1v) is 6.89. The van der Waals surface area contributed by atoms with Crippen LogP contribution in [-0.2, 0) is 9.53 Å². The van der Waals surface area contributed by atoms with Crippen molar-refractivity contribution in [2.45, 2.75) is 44.8 Å². The van der Waals surface area contributed by atoms with E-state index in [0.717, 1.165) is 31.4 Å². The van der Waals surface area contributed by atoms with Crippen LogP contribution in [-0.4, -0.2) is 18.1 Å². The number of benzene rings is 1. The van der Waals surface area contributed by atoms with E-state index in [-0.39, 0.29) is 18.1 Å². The van der Waals surface area contributed by atoms with Gasteiger partial charge in [-0.25, -0.2) is 0 Å². The number of rotatable bonds is 3. The van der Waals surface area contributed by atoms with Gasteiger partial charge in [-0.3, -0.25) is 4.79 Å². The van der Waals surface area contributed by atoms with E-state index in [1.807, 2.05) is 30.3 Å². The average Bonchev–Trinajstić information content (AvgIpc) is 2.38. The number of anilines is 1. The second-order valence-electron chi connectivity index (χ2n) is 4.89. The van der Waals surface area contributed by atoms with Crippen molar-refractivity contribution in [2.75, 3.05) is 5.32 Å². The lowest BCUT2D eigenvalue weighted by atomic mass is 9.97. The molecule has 102 valence electrons. The third-order valence-electron chi connectivity index (χ3n) is 3.32. The zero-order valence-corrected chi connectivity index (χ0v) is 11.3. The third-order valence-corrected chi connectivity index (χ3v) is 3.32. The fourth-order valence-corrected chi connectivity index (χ4v) is 2.43. The minimum atomic E-state index is -0.200. The molecule has 1 aromatic rings. The fourth-order valence-electron chi connectivity index (χ4n) is 2.43. The van der Waals surface area contributed by atoms with E-state index in [0.29, 0.717) is 0 Å². The van der Waals surface area contributed by atoms with Crippen LogP contribution in [0.15, 0.2) is 42.5 Å². The van der Waals surface area contributed by atoms with Gasteiger partial charge in [-0.1, -0.05) is 30.4 Å². The molecule has 19 heavy (non-hydrogen) atoms. The monoisotopic (exact) mass is 259 g/mol. The minimum Gasteiger partial charge on any atom is -0.460 e. The topological polar surface area (TPSA) is 38.3 Å². The Morgan fingerprint density at radius 2 is 1.84 bits per heavy atom. The molecule has 1 N–H and O–H groups in total. The Morgan fingerprint density at radius 3 is 2.53 bits per heavy atom. The van der Waals surface area contributed by atoms with Crippen LogP contribution in [0.25, 0.3) is 0 Å². The molecule has 3 nitrogen and oxygen atoms in total. The van der Waals surface area contributed by atoms with Gasteiger partial charge in [0.25, 0.3) is 0 Å². The Bertz CT molecular complexity index is 428.